The van der Waals surface area contributed by atoms with Crippen molar-refractivity contribution < 1.29 is 4.42 Å². The third-order valence-electron chi connectivity index (χ3n) is 4.85. The number of para-hydroxylation sites is 1. The van der Waals surface area contributed by atoms with E-state index in [1.54, 1.807) is 10.8 Å². The minimum Gasteiger partial charge on any atom is -0.465 e. The van der Waals surface area contributed by atoms with Crippen molar-refractivity contribution in [2.75, 3.05) is 19.6 Å². The lowest BCUT2D eigenvalue weighted by atomic mass is 9.95. The first-order valence-electron chi connectivity index (χ1n) is 8.96. The van der Waals surface area contributed by atoms with Gasteiger partial charge >= 0.3 is 5.69 Å². The lowest BCUT2D eigenvalue weighted by Gasteiger charge is -2.30. The average molecular weight is 350 g/mol. The van der Waals surface area contributed by atoms with Crippen LogP contribution in [-0.2, 0) is 0 Å². The number of nitrogens with one attached hydrogen (secondary N) is 1. The van der Waals surface area contributed by atoms with E-state index in [4.69, 9.17) is 4.42 Å². The number of likely N-dealkylation sites (tertiary alicyclic amines) is 1. The number of piperidine rings is 1. The molecule has 3 aromatic rings. The van der Waals surface area contributed by atoms with Crippen LogP contribution in [0.25, 0.3) is 11.8 Å². The Morgan fingerprint density at radius 2 is 1.96 bits per heavy atom. The van der Waals surface area contributed by atoms with Gasteiger partial charge in [0.15, 0.2) is 0 Å². The van der Waals surface area contributed by atoms with Gasteiger partial charge < -0.3 is 4.42 Å². The van der Waals surface area contributed by atoms with E-state index < -0.39 is 0 Å². The van der Waals surface area contributed by atoms with Crippen molar-refractivity contribution in [3.63, 3.8) is 0 Å². The SMILES string of the molecule is O=c1[nH]nc(C2CCN(C/C=C/c3ccco3)CC2)n1-c1ccccc1. The number of aromatic nitrogens is 3. The molecule has 26 heavy (non-hydrogen) atoms. The number of H-pyrrole nitrogens is 1. The highest BCUT2D eigenvalue weighted by atomic mass is 16.3. The fraction of sp³-hybridized carbons (Fsp3) is 0.300. The molecule has 1 aromatic carbocycles. The predicted octanol–water partition coefficient (Wildman–Crippen LogP) is 3.05. The zero-order valence-electron chi connectivity index (χ0n) is 14.5. The third kappa shape index (κ3) is 3.55. The lowest BCUT2D eigenvalue weighted by molar-refractivity contribution is 0.228. The fourth-order valence-electron chi connectivity index (χ4n) is 3.49. The van der Waals surface area contributed by atoms with Crippen LogP contribution in [0.4, 0.5) is 0 Å². The molecule has 4 rings (SSSR count). The molecule has 2 aromatic heterocycles. The Balaban J connectivity index is 1.40. The monoisotopic (exact) mass is 350 g/mol. The van der Waals surface area contributed by atoms with E-state index in [-0.39, 0.29) is 5.69 Å². The molecule has 6 heteroatoms. The second-order valence-electron chi connectivity index (χ2n) is 6.55. The molecular formula is C20H22N4O2. The number of nitrogens with zero attached hydrogens (tertiary/aromatic N) is 3. The summed E-state index contributed by atoms with van der Waals surface area (Å²) in [6.07, 6.45) is 7.80. The summed E-state index contributed by atoms with van der Waals surface area (Å²) in [6.45, 7) is 2.88. The Kier molecular flexibility index (Phi) is 4.84. The molecule has 6 nitrogen and oxygen atoms in total. The van der Waals surface area contributed by atoms with Crippen molar-refractivity contribution in [2.45, 2.75) is 18.8 Å². The molecule has 3 heterocycles. The van der Waals surface area contributed by atoms with Gasteiger partial charge in [0, 0.05) is 12.5 Å². The largest absolute Gasteiger partial charge is 0.465 e. The third-order valence-corrected chi connectivity index (χ3v) is 4.85. The van der Waals surface area contributed by atoms with Gasteiger partial charge in [-0.15, -0.1) is 0 Å². The van der Waals surface area contributed by atoms with E-state index in [1.807, 2.05) is 48.5 Å². The van der Waals surface area contributed by atoms with Crippen molar-refractivity contribution >= 4 is 6.08 Å². The summed E-state index contributed by atoms with van der Waals surface area (Å²) in [5.41, 5.74) is 0.695. The van der Waals surface area contributed by atoms with Crippen molar-refractivity contribution in [2.24, 2.45) is 0 Å². The highest BCUT2D eigenvalue weighted by molar-refractivity contribution is 5.42. The number of hydrogen-bond donors (Lipinski definition) is 1. The van der Waals surface area contributed by atoms with Crippen molar-refractivity contribution in [1.29, 1.82) is 0 Å². The van der Waals surface area contributed by atoms with E-state index in [2.05, 4.69) is 21.2 Å². The summed E-state index contributed by atoms with van der Waals surface area (Å²) in [4.78, 5) is 14.6. The summed E-state index contributed by atoms with van der Waals surface area (Å²) >= 11 is 0. The van der Waals surface area contributed by atoms with Crippen LogP contribution in [0.5, 0.6) is 0 Å². The standard InChI is InChI=1S/C20H22N4O2/c25-20-22-21-19(24(20)17-6-2-1-3-7-17)16-10-13-23(14-11-16)12-4-8-18-9-5-15-26-18/h1-9,15-16H,10-14H2,(H,22,25)/b8-4+. The summed E-state index contributed by atoms with van der Waals surface area (Å²) in [5, 5.41) is 6.93. The maximum atomic E-state index is 12.2. The average Bonchev–Trinajstić information content (AvgIpc) is 3.33. The molecule has 0 radical (unpaired) electrons. The fourth-order valence-corrected chi connectivity index (χ4v) is 3.49. The lowest BCUT2D eigenvalue weighted by Crippen LogP contribution is -2.34. The van der Waals surface area contributed by atoms with Gasteiger partial charge in [0.2, 0.25) is 0 Å². The van der Waals surface area contributed by atoms with Crippen LogP contribution in [0.1, 0.15) is 30.3 Å². The van der Waals surface area contributed by atoms with Gasteiger partial charge in [0.25, 0.3) is 0 Å². The van der Waals surface area contributed by atoms with Gasteiger partial charge in [-0.2, -0.15) is 5.10 Å². The zero-order chi connectivity index (χ0) is 17.8. The summed E-state index contributed by atoms with van der Waals surface area (Å²) < 4.78 is 7.01. The molecule has 0 aliphatic carbocycles. The first-order valence-corrected chi connectivity index (χ1v) is 8.96. The Hall–Kier alpha value is -2.86. The Bertz CT molecular complexity index is 901. The smallest absolute Gasteiger partial charge is 0.347 e. The molecule has 1 fully saturated rings. The number of furan rings is 1. The minimum atomic E-state index is -0.171. The molecule has 1 N–H and O–H groups in total. The molecule has 134 valence electrons. The van der Waals surface area contributed by atoms with Gasteiger partial charge in [0.05, 0.1) is 12.0 Å². The van der Waals surface area contributed by atoms with Crippen molar-refractivity contribution in [1.82, 2.24) is 19.7 Å². The van der Waals surface area contributed by atoms with Crippen LogP contribution < -0.4 is 5.69 Å². The van der Waals surface area contributed by atoms with E-state index in [0.29, 0.717) is 5.92 Å². The number of aromatic amines is 1. The number of benzene rings is 1. The second-order valence-corrected chi connectivity index (χ2v) is 6.55. The first-order chi connectivity index (χ1) is 12.8. The molecule has 0 unspecified atom stereocenters. The van der Waals surface area contributed by atoms with E-state index in [0.717, 1.165) is 49.7 Å². The van der Waals surface area contributed by atoms with Crippen molar-refractivity contribution in [3.8, 4) is 5.69 Å². The van der Waals surface area contributed by atoms with Gasteiger partial charge in [-0.25, -0.2) is 14.5 Å². The zero-order valence-corrected chi connectivity index (χ0v) is 14.5. The molecule has 1 aliphatic rings. The Labute approximate surface area is 151 Å². The summed E-state index contributed by atoms with van der Waals surface area (Å²) in [7, 11) is 0. The normalized spacial score (nSPS) is 16.5. The van der Waals surface area contributed by atoms with Crippen LogP contribution in [0.2, 0.25) is 0 Å². The molecule has 0 spiro atoms. The molecule has 1 aliphatic heterocycles. The quantitative estimate of drug-likeness (QED) is 0.768. The molecule has 1 saturated heterocycles. The molecule has 0 atom stereocenters. The van der Waals surface area contributed by atoms with Gasteiger partial charge in [-0.1, -0.05) is 24.3 Å². The molecule has 0 saturated carbocycles. The highest BCUT2D eigenvalue weighted by Gasteiger charge is 2.25. The second kappa shape index (κ2) is 7.58. The topological polar surface area (TPSA) is 67.1 Å². The minimum absolute atomic E-state index is 0.171. The van der Waals surface area contributed by atoms with Crippen LogP contribution in [0.15, 0.2) is 64.0 Å². The van der Waals surface area contributed by atoms with Crippen LogP contribution in [0, 0.1) is 0 Å². The van der Waals surface area contributed by atoms with E-state index in [1.165, 1.54) is 0 Å². The summed E-state index contributed by atoms with van der Waals surface area (Å²) in [5.74, 6) is 2.01. The van der Waals surface area contributed by atoms with Crippen molar-refractivity contribution in [3.05, 3.63) is 76.9 Å². The summed E-state index contributed by atoms with van der Waals surface area (Å²) in [6, 6.07) is 13.5. The highest BCUT2D eigenvalue weighted by Crippen LogP contribution is 2.27. The van der Waals surface area contributed by atoms with Gasteiger partial charge in [-0.05, 0) is 56.3 Å². The van der Waals surface area contributed by atoms with Crippen LogP contribution >= 0.6 is 0 Å². The van der Waals surface area contributed by atoms with Crippen LogP contribution in [-0.4, -0.2) is 39.3 Å². The maximum absolute atomic E-state index is 12.2. The molecular weight excluding hydrogens is 328 g/mol. The molecule has 0 amide bonds. The first kappa shape index (κ1) is 16.6. The van der Waals surface area contributed by atoms with Gasteiger partial charge in [-0.3, -0.25) is 4.90 Å². The number of hydrogen-bond acceptors (Lipinski definition) is 4. The van der Waals surface area contributed by atoms with Gasteiger partial charge in [0.1, 0.15) is 11.6 Å². The Morgan fingerprint density at radius 1 is 1.15 bits per heavy atom. The van der Waals surface area contributed by atoms with Crippen LogP contribution in [0.3, 0.4) is 0 Å². The Morgan fingerprint density at radius 3 is 2.69 bits per heavy atom. The molecule has 0 bridgehead atoms. The van der Waals surface area contributed by atoms with E-state index in [9.17, 15) is 4.79 Å². The number of rotatable bonds is 5. The predicted molar refractivity (Wildman–Crippen MR) is 100 cm³/mol. The van der Waals surface area contributed by atoms with E-state index >= 15 is 0 Å². The maximum Gasteiger partial charge on any atom is 0.347 e.